The quantitative estimate of drug-likeness (QED) is 0.856. The first-order valence-corrected chi connectivity index (χ1v) is 7.98. The maximum absolute atomic E-state index is 12.8. The largest absolute Gasteiger partial charge is 0.466 e. The lowest BCUT2D eigenvalue weighted by Crippen LogP contribution is -2.36. The van der Waals surface area contributed by atoms with Gasteiger partial charge in [-0.05, 0) is 51.7 Å². The summed E-state index contributed by atoms with van der Waals surface area (Å²) >= 11 is 0. The normalized spacial score (nSPS) is 18.0. The molecule has 1 amide bonds. The molecule has 1 saturated heterocycles. The predicted octanol–water partition coefficient (Wildman–Crippen LogP) is 4.05. The van der Waals surface area contributed by atoms with Crippen LogP contribution in [-0.2, 0) is 6.42 Å². The van der Waals surface area contributed by atoms with E-state index in [-0.39, 0.29) is 5.91 Å². The molecule has 116 valence electrons. The van der Waals surface area contributed by atoms with E-state index in [1.165, 1.54) is 11.1 Å². The van der Waals surface area contributed by atoms with Gasteiger partial charge < -0.3 is 9.32 Å². The monoisotopic (exact) mass is 297 g/mol. The summed E-state index contributed by atoms with van der Waals surface area (Å²) in [4.78, 5) is 14.8. The van der Waals surface area contributed by atoms with Crippen LogP contribution in [-0.4, -0.2) is 23.4 Å². The number of rotatable bonds is 3. The van der Waals surface area contributed by atoms with E-state index in [1.807, 2.05) is 24.8 Å². The van der Waals surface area contributed by atoms with Crippen LogP contribution in [0.25, 0.3) is 0 Å². The first-order chi connectivity index (χ1) is 10.5. The lowest BCUT2D eigenvalue weighted by Gasteiger charge is -2.24. The van der Waals surface area contributed by atoms with Gasteiger partial charge in [0.05, 0.1) is 5.56 Å². The number of likely N-dealkylation sites (tertiary alicyclic amines) is 1. The lowest BCUT2D eigenvalue weighted by molar-refractivity contribution is 0.0734. The van der Waals surface area contributed by atoms with Gasteiger partial charge in [-0.25, -0.2) is 0 Å². The molecule has 22 heavy (non-hydrogen) atoms. The van der Waals surface area contributed by atoms with Crippen LogP contribution in [0, 0.1) is 20.8 Å². The Labute approximate surface area is 131 Å². The Bertz CT molecular complexity index is 669. The summed E-state index contributed by atoms with van der Waals surface area (Å²) in [5.74, 6) is 1.64. The summed E-state index contributed by atoms with van der Waals surface area (Å²) in [6.07, 6.45) is 3.09. The number of furan rings is 1. The maximum atomic E-state index is 12.8. The molecule has 3 nitrogen and oxygen atoms in total. The highest BCUT2D eigenvalue weighted by atomic mass is 16.3. The second-order valence-electron chi connectivity index (χ2n) is 6.31. The number of nitrogens with zero attached hydrogens (tertiary/aromatic N) is 1. The summed E-state index contributed by atoms with van der Waals surface area (Å²) < 4.78 is 5.51. The van der Waals surface area contributed by atoms with Gasteiger partial charge in [0, 0.05) is 12.6 Å². The number of hydrogen-bond acceptors (Lipinski definition) is 2. The molecule has 1 aromatic carbocycles. The van der Waals surface area contributed by atoms with Crippen LogP contribution in [0.2, 0.25) is 0 Å². The van der Waals surface area contributed by atoms with Gasteiger partial charge in [0.2, 0.25) is 0 Å². The van der Waals surface area contributed by atoms with Crippen LogP contribution in [0.1, 0.15) is 45.8 Å². The molecule has 0 radical (unpaired) electrons. The van der Waals surface area contributed by atoms with E-state index in [0.717, 1.165) is 37.3 Å². The number of hydrogen-bond donors (Lipinski definition) is 0. The third-order valence-electron chi connectivity index (χ3n) is 4.50. The molecule has 0 bridgehead atoms. The molecule has 1 aliphatic heterocycles. The highest BCUT2D eigenvalue weighted by molar-refractivity contribution is 5.95. The van der Waals surface area contributed by atoms with Crippen molar-refractivity contribution in [3.8, 4) is 0 Å². The summed E-state index contributed by atoms with van der Waals surface area (Å²) in [7, 11) is 0. The van der Waals surface area contributed by atoms with Crippen LogP contribution in [0.4, 0.5) is 0 Å². The fourth-order valence-electron chi connectivity index (χ4n) is 3.31. The van der Waals surface area contributed by atoms with Crippen LogP contribution in [0.15, 0.2) is 34.7 Å². The van der Waals surface area contributed by atoms with Gasteiger partial charge in [-0.1, -0.05) is 29.8 Å². The highest BCUT2D eigenvalue weighted by Crippen LogP contribution is 2.25. The van der Waals surface area contributed by atoms with Crippen molar-refractivity contribution in [2.75, 3.05) is 6.54 Å². The standard InChI is InChI=1S/C19H23NO2/c1-13-6-8-16(9-7-13)12-17-5-4-10-20(17)19(21)18-11-14(2)22-15(18)3/h6-9,11,17H,4-5,10,12H2,1-3H3. The fourth-order valence-corrected chi connectivity index (χ4v) is 3.31. The summed E-state index contributed by atoms with van der Waals surface area (Å²) in [6, 6.07) is 10.8. The Morgan fingerprint density at radius 1 is 1.23 bits per heavy atom. The van der Waals surface area contributed by atoms with Crippen molar-refractivity contribution in [3.63, 3.8) is 0 Å². The number of carbonyl (C=O) groups excluding carboxylic acids is 1. The minimum Gasteiger partial charge on any atom is -0.466 e. The number of benzene rings is 1. The molecule has 0 saturated carbocycles. The average molecular weight is 297 g/mol. The van der Waals surface area contributed by atoms with E-state index in [1.54, 1.807) is 0 Å². The molecular weight excluding hydrogens is 274 g/mol. The van der Waals surface area contributed by atoms with E-state index < -0.39 is 0 Å². The number of carbonyl (C=O) groups is 1. The SMILES string of the molecule is Cc1ccc(CC2CCCN2C(=O)c2cc(C)oc2C)cc1. The third kappa shape index (κ3) is 2.94. The van der Waals surface area contributed by atoms with Gasteiger partial charge in [-0.3, -0.25) is 4.79 Å². The minimum atomic E-state index is 0.115. The molecule has 1 fully saturated rings. The van der Waals surface area contributed by atoms with Crippen LogP contribution in [0.5, 0.6) is 0 Å². The fraction of sp³-hybridized carbons (Fsp3) is 0.421. The van der Waals surface area contributed by atoms with Crippen LogP contribution < -0.4 is 0 Å². The zero-order valence-electron chi connectivity index (χ0n) is 13.6. The van der Waals surface area contributed by atoms with E-state index in [9.17, 15) is 4.79 Å². The van der Waals surface area contributed by atoms with Crippen molar-refractivity contribution in [2.24, 2.45) is 0 Å². The Hall–Kier alpha value is -2.03. The van der Waals surface area contributed by atoms with E-state index in [0.29, 0.717) is 11.6 Å². The highest BCUT2D eigenvalue weighted by Gasteiger charge is 2.31. The van der Waals surface area contributed by atoms with Crippen molar-refractivity contribution >= 4 is 5.91 Å². The van der Waals surface area contributed by atoms with Gasteiger partial charge in [0.1, 0.15) is 11.5 Å². The molecule has 3 rings (SSSR count). The van der Waals surface area contributed by atoms with Gasteiger partial charge in [0.15, 0.2) is 0 Å². The molecule has 0 spiro atoms. The first kappa shape index (κ1) is 14.9. The number of amides is 1. The van der Waals surface area contributed by atoms with Crippen molar-refractivity contribution in [3.05, 3.63) is 58.5 Å². The molecule has 0 aliphatic carbocycles. The maximum Gasteiger partial charge on any atom is 0.257 e. The smallest absolute Gasteiger partial charge is 0.257 e. The molecule has 2 heterocycles. The second kappa shape index (κ2) is 5.99. The summed E-state index contributed by atoms with van der Waals surface area (Å²) in [5.41, 5.74) is 3.29. The predicted molar refractivity (Wildman–Crippen MR) is 87.1 cm³/mol. The van der Waals surface area contributed by atoms with Gasteiger partial charge in [0.25, 0.3) is 5.91 Å². The zero-order valence-corrected chi connectivity index (χ0v) is 13.6. The van der Waals surface area contributed by atoms with Gasteiger partial charge in [-0.2, -0.15) is 0 Å². The van der Waals surface area contributed by atoms with E-state index in [4.69, 9.17) is 4.42 Å². The van der Waals surface area contributed by atoms with Crippen molar-refractivity contribution in [1.82, 2.24) is 4.90 Å². The van der Waals surface area contributed by atoms with Gasteiger partial charge in [-0.15, -0.1) is 0 Å². The van der Waals surface area contributed by atoms with Gasteiger partial charge >= 0.3 is 0 Å². The Morgan fingerprint density at radius 3 is 2.59 bits per heavy atom. The molecule has 3 heteroatoms. The molecule has 2 aromatic rings. The molecule has 1 atom stereocenters. The van der Waals surface area contributed by atoms with Crippen LogP contribution in [0.3, 0.4) is 0 Å². The number of aryl methyl sites for hydroxylation is 3. The topological polar surface area (TPSA) is 33.5 Å². The molecule has 1 aromatic heterocycles. The zero-order chi connectivity index (χ0) is 15.7. The van der Waals surface area contributed by atoms with Crippen molar-refractivity contribution in [1.29, 1.82) is 0 Å². The van der Waals surface area contributed by atoms with Crippen LogP contribution >= 0.6 is 0 Å². The Balaban J connectivity index is 1.76. The van der Waals surface area contributed by atoms with Crippen molar-refractivity contribution < 1.29 is 9.21 Å². The van der Waals surface area contributed by atoms with E-state index >= 15 is 0 Å². The van der Waals surface area contributed by atoms with Crippen molar-refractivity contribution in [2.45, 2.75) is 46.1 Å². The van der Waals surface area contributed by atoms with E-state index in [2.05, 4.69) is 31.2 Å². The third-order valence-corrected chi connectivity index (χ3v) is 4.50. The second-order valence-corrected chi connectivity index (χ2v) is 6.31. The molecule has 1 aliphatic rings. The summed E-state index contributed by atoms with van der Waals surface area (Å²) in [5, 5.41) is 0. The molecule has 1 unspecified atom stereocenters. The molecule has 0 N–H and O–H groups in total. The Morgan fingerprint density at radius 2 is 1.95 bits per heavy atom. The first-order valence-electron chi connectivity index (χ1n) is 7.98. The summed E-state index contributed by atoms with van der Waals surface area (Å²) in [6.45, 7) is 6.70. The Kier molecular flexibility index (Phi) is 4.06. The minimum absolute atomic E-state index is 0.115. The average Bonchev–Trinajstić information content (AvgIpc) is 3.07. The molecular formula is C19H23NO2. The lowest BCUT2D eigenvalue weighted by atomic mass is 10.0.